The van der Waals surface area contributed by atoms with E-state index in [1.165, 1.54) is 12.1 Å². The first-order valence-electron chi connectivity index (χ1n) is 5.08. The van der Waals surface area contributed by atoms with Gasteiger partial charge >= 0.3 is 0 Å². The molecule has 1 aromatic carbocycles. The van der Waals surface area contributed by atoms with Crippen molar-refractivity contribution < 1.29 is 4.39 Å². The molecule has 1 atom stereocenters. The van der Waals surface area contributed by atoms with Crippen molar-refractivity contribution >= 4 is 17.0 Å². The van der Waals surface area contributed by atoms with Crippen LogP contribution in [-0.2, 0) is 0 Å². The number of hydrogen-bond donors (Lipinski definition) is 1. The minimum atomic E-state index is -0.214. The van der Waals surface area contributed by atoms with Gasteiger partial charge in [-0.25, -0.2) is 9.37 Å². The highest BCUT2D eigenvalue weighted by Gasteiger charge is 2.08. The predicted molar refractivity (Wildman–Crippen MR) is 65.3 cm³/mol. The number of anilines is 1. The lowest BCUT2D eigenvalue weighted by Crippen LogP contribution is -2.06. The smallest absolute Gasteiger partial charge is 0.125 e. The zero-order valence-electron chi connectivity index (χ0n) is 9.20. The second kappa shape index (κ2) is 4.61. The molecule has 2 rings (SSSR count). The zero-order valence-corrected chi connectivity index (χ0v) is 10.0. The van der Waals surface area contributed by atoms with Crippen LogP contribution in [0.25, 0.3) is 0 Å². The molecule has 4 heteroatoms. The number of hydrogen-bond acceptors (Lipinski definition) is 3. The molecule has 2 aromatic rings. The minimum absolute atomic E-state index is 0.0983. The van der Waals surface area contributed by atoms with E-state index in [4.69, 9.17) is 0 Å². The summed E-state index contributed by atoms with van der Waals surface area (Å²) in [4.78, 5) is 4.22. The molecule has 1 heterocycles. The van der Waals surface area contributed by atoms with Crippen LogP contribution < -0.4 is 5.32 Å². The molecule has 1 aromatic heterocycles. The van der Waals surface area contributed by atoms with Crippen LogP contribution in [0.5, 0.6) is 0 Å². The highest BCUT2D eigenvalue weighted by atomic mass is 32.1. The second-order valence-corrected chi connectivity index (χ2v) is 4.68. The average molecular weight is 236 g/mol. The topological polar surface area (TPSA) is 24.9 Å². The van der Waals surface area contributed by atoms with E-state index in [1.54, 1.807) is 17.5 Å². The first kappa shape index (κ1) is 11.1. The lowest BCUT2D eigenvalue weighted by molar-refractivity contribution is 0.626. The van der Waals surface area contributed by atoms with Crippen molar-refractivity contribution in [1.29, 1.82) is 0 Å². The molecule has 0 aliphatic carbocycles. The largest absolute Gasteiger partial charge is 0.376 e. The van der Waals surface area contributed by atoms with Gasteiger partial charge in [0.1, 0.15) is 10.8 Å². The van der Waals surface area contributed by atoms with E-state index in [2.05, 4.69) is 10.3 Å². The molecule has 0 spiro atoms. The lowest BCUT2D eigenvalue weighted by atomic mass is 10.2. The number of halogens is 1. The monoisotopic (exact) mass is 236 g/mol. The fraction of sp³-hybridized carbons (Fsp3) is 0.250. The summed E-state index contributed by atoms with van der Waals surface area (Å²) in [5.41, 5.74) is 1.70. The SMILES string of the molecule is Cc1cc(F)cc(NC(C)c2nccs2)c1. The van der Waals surface area contributed by atoms with Crippen LogP contribution in [0.3, 0.4) is 0 Å². The number of nitrogens with zero attached hydrogens (tertiary/aromatic N) is 1. The molecular weight excluding hydrogens is 223 g/mol. The Bertz CT molecular complexity index is 448. The molecule has 16 heavy (non-hydrogen) atoms. The van der Waals surface area contributed by atoms with Crippen molar-refractivity contribution in [1.82, 2.24) is 4.98 Å². The molecule has 0 saturated carbocycles. The standard InChI is InChI=1S/C12H13FN2S/c1-8-5-10(13)7-11(6-8)15-9(2)12-14-3-4-16-12/h3-7,9,15H,1-2H3. The number of benzene rings is 1. The molecule has 1 N–H and O–H groups in total. The van der Waals surface area contributed by atoms with Gasteiger partial charge in [0.15, 0.2) is 0 Å². The molecule has 0 aliphatic rings. The molecule has 0 saturated heterocycles. The van der Waals surface area contributed by atoms with E-state index in [0.29, 0.717) is 0 Å². The highest BCUT2D eigenvalue weighted by molar-refractivity contribution is 7.09. The number of aryl methyl sites for hydroxylation is 1. The maximum Gasteiger partial charge on any atom is 0.125 e. The Kier molecular flexibility index (Phi) is 3.19. The van der Waals surface area contributed by atoms with E-state index >= 15 is 0 Å². The molecule has 84 valence electrons. The summed E-state index contributed by atoms with van der Waals surface area (Å²) >= 11 is 1.59. The van der Waals surface area contributed by atoms with Crippen LogP contribution in [0.15, 0.2) is 29.8 Å². The maximum atomic E-state index is 13.2. The molecule has 0 aliphatic heterocycles. The van der Waals surface area contributed by atoms with Crippen molar-refractivity contribution in [2.24, 2.45) is 0 Å². The highest BCUT2D eigenvalue weighted by Crippen LogP contribution is 2.22. The quantitative estimate of drug-likeness (QED) is 0.877. The van der Waals surface area contributed by atoms with E-state index in [1.807, 2.05) is 25.3 Å². The number of aromatic nitrogens is 1. The van der Waals surface area contributed by atoms with Crippen LogP contribution >= 0.6 is 11.3 Å². The summed E-state index contributed by atoms with van der Waals surface area (Å²) in [5, 5.41) is 6.17. The van der Waals surface area contributed by atoms with Crippen LogP contribution in [0, 0.1) is 12.7 Å². The fourth-order valence-electron chi connectivity index (χ4n) is 1.58. The number of nitrogens with one attached hydrogen (secondary N) is 1. The van der Waals surface area contributed by atoms with Crippen LogP contribution in [0.4, 0.5) is 10.1 Å². The van der Waals surface area contributed by atoms with Crippen molar-refractivity contribution in [2.45, 2.75) is 19.9 Å². The summed E-state index contributed by atoms with van der Waals surface area (Å²) in [6.07, 6.45) is 1.77. The third kappa shape index (κ3) is 2.58. The second-order valence-electron chi connectivity index (χ2n) is 3.75. The first-order chi connectivity index (χ1) is 7.65. The molecule has 0 fully saturated rings. The van der Waals surface area contributed by atoms with Gasteiger partial charge in [-0.3, -0.25) is 0 Å². The summed E-state index contributed by atoms with van der Waals surface area (Å²) in [6, 6.07) is 5.03. The van der Waals surface area contributed by atoms with Gasteiger partial charge in [0.2, 0.25) is 0 Å². The van der Waals surface area contributed by atoms with E-state index in [9.17, 15) is 4.39 Å². The predicted octanol–water partition coefficient (Wildman–Crippen LogP) is 3.76. The Morgan fingerprint density at radius 1 is 1.38 bits per heavy atom. The van der Waals surface area contributed by atoms with Gasteiger partial charge < -0.3 is 5.32 Å². The normalized spacial score (nSPS) is 12.4. The van der Waals surface area contributed by atoms with E-state index < -0.39 is 0 Å². The molecular formula is C12H13FN2S. The zero-order chi connectivity index (χ0) is 11.5. The minimum Gasteiger partial charge on any atom is -0.376 e. The van der Waals surface area contributed by atoms with Gasteiger partial charge in [0.05, 0.1) is 6.04 Å². The van der Waals surface area contributed by atoms with E-state index in [-0.39, 0.29) is 11.9 Å². The van der Waals surface area contributed by atoms with Gasteiger partial charge in [-0.1, -0.05) is 0 Å². The summed E-state index contributed by atoms with van der Waals surface area (Å²) in [6.45, 7) is 3.89. The molecule has 2 nitrogen and oxygen atoms in total. The van der Waals surface area contributed by atoms with Gasteiger partial charge in [0, 0.05) is 17.3 Å². The van der Waals surface area contributed by atoms with E-state index in [0.717, 1.165) is 16.3 Å². The maximum absolute atomic E-state index is 13.2. The van der Waals surface area contributed by atoms with Crippen molar-refractivity contribution in [3.8, 4) is 0 Å². The Morgan fingerprint density at radius 2 is 2.19 bits per heavy atom. The number of thiazole rings is 1. The van der Waals surface area contributed by atoms with Gasteiger partial charge in [-0.05, 0) is 37.6 Å². The third-order valence-electron chi connectivity index (χ3n) is 2.25. The van der Waals surface area contributed by atoms with Crippen molar-refractivity contribution in [2.75, 3.05) is 5.32 Å². The van der Waals surface area contributed by atoms with Crippen LogP contribution in [0.1, 0.15) is 23.5 Å². The van der Waals surface area contributed by atoms with Crippen LogP contribution in [0.2, 0.25) is 0 Å². The molecule has 0 amide bonds. The van der Waals surface area contributed by atoms with Crippen LogP contribution in [-0.4, -0.2) is 4.98 Å². The lowest BCUT2D eigenvalue weighted by Gasteiger charge is -2.13. The Labute approximate surface area is 98.2 Å². The summed E-state index contributed by atoms with van der Waals surface area (Å²) < 4.78 is 13.2. The van der Waals surface area contributed by atoms with Crippen molar-refractivity contribution in [3.05, 3.63) is 46.2 Å². The first-order valence-corrected chi connectivity index (χ1v) is 5.96. The molecule has 0 radical (unpaired) electrons. The molecule has 1 unspecified atom stereocenters. The summed E-state index contributed by atoms with van der Waals surface area (Å²) in [7, 11) is 0. The summed E-state index contributed by atoms with van der Waals surface area (Å²) in [5.74, 6) is -0.214. The van der Waals surface area contributed by atoms with Gasteiger partial charge in [-0.15, -0.1) is 11.3 Å². The average Bonchev–Trinajstić information content (AvgIpc) is 2.68. The fourth-order valence-corrected chi connectivity index (χ4v) is 2.23. The Hall–Kier alpha value is -1.42. The van der Waals surface area contributed by atoms with Gasteiger partial charge in [-0.2, -0.15) is 0 Å². The number of rotatable bonds is 3. The Morgan fingerprint density at radius 3 is 2.81 bits per heavy atom. The third-order valence-corrected chi connectivity index (χ3v) is 3.21. The van der Waals surface area contributed by atoms with Gasteiger partial charge in [0.25, 0.3) is 0 Å². The Balaban J connectivity index is 2.15. The molecule has 0 bridgehead atoms. The van der Waals surface area contributed by atoms with Crippen molar-refractivity contribution in [3.63, 3.8) is 0 Å².